The van der Waals surface area contributed by atoms with Gasteiger partial charge in [0.25, 0.3) is 0 Å². The Morgan fingerprint density at radius 2 is 2.07 bits per heavy atom. The molecule has 4 rings (SSSR count). The molecule has 0 aromatic rings. The molecule has 3 fully saturated rings. The van der Waals surface area contributed by atoms with Gasteiger partial charge in [0.2, 0.25) is 0 Å². The van der Waals surface area contributed by atoms with E-state index in [2.05, 4.69) is 26.8 Å². The van der Waals surface area contributed by atoms with Gasteiger partial charge < -0.3 is 9.84 Å². The molecule has 27 heavy (non-hydrogen) atoms. The van der Waals surface area contributed by atoms with Crippen molar-refractivity contribution in [3.8, 4) is 0 Å². The van der Waals surface area contributed by atoms with Crippen molar-refractivity contribution in [3.05, 3.63) is 23.8 Å². The number of hydrogen-bond donors (Lipinski definition) is 1. The van der Waals surface area contributed by atoms with Crippen LogP contribution in [0.4, 0.5) is 0 Å². The van der Waals surface area contributed by atoms with Gasteiger partial charge in [-0.15, -0.1) is 0 Å². The topological polar surface area (TPSA) is 63.6 Å². The molecule has 0 aliphatic heterocycles. The molecule has 148 valence electrons. The summed E-state index contributed by atoms with van der Waals surface area (Å²) in [7, 11) is 0. The van der Waals surface area contributed by atoms with Crippen molar-refractivity contribution in [3.63, 3.8) is 0 Å². The molecule has 0 spiro atoms. The molecular weight excluding hydrogens is 340 g/mol. The van der Waals surface area contributed by atoms with Gasteiger partial charge in [-0.25, -0.2) is 0 Å². The number of hydrogen-bond acceptors (Lipinski definition) is 4. The highest BCUT2D eigenvalue weighted by atomic mass is 16.5. The summed E-state index contributed by atoms with van der Waals surface area (Å²) < 4.78 is 5.89. The SMILES string of the molecule is C[C@H]1C[C@H]2[C@@H]3CCC4=CC(=O)C=C[C@]4(C)[C@H]3CC[C@]2(C)[C@@H]1OC(=O)CCO. The zero-order chi connectivity index (χ0) is 19.4. The molecule has 4 nitrogen and oxygen atoms in total. The van der Waals surface area contributed by atoms with Crippen LogP contribution in [0.1, 0.15) is 59.3 Å². The maximum atomic E-state index is 12.1. The van der Waals surface area contributed by atoms with Gasteiger partial charge in [0.05, 0.1) is 13.0 Å². The lowest BCUT2D eigenvalue weighted by Crippen LogP contribution is -2.51. The van der Waals surface area contributed by atoms with Crippen LogP contribution < -0.4 is 0 Å². The van der Waals surface area contributed by atoms with E-state index in [0.717, 1.165) is 32.1 Å². The van der Waals surface area contributed by atoms with Crippen molar-refractivity contribution in [2.75, 3.05) is 6.61 Å². The molecule has 4 aliphatic carbocycles. The lowest BCUT2D eigenvalue weighted by atomic mass is 9.48. The van der Waals surface area contributed by atoms with Crippen LogP contribution >= 0.6 is 0 Å². The average molecular weight is 373 g/mol. The fourth-order valence-electron chi connectivity index (χ4n) is 7.06. The lowest BCUT2D eigenvalue weighted by molar-refractivity contribution is -0.162. The van der Waals surface area contributed by atoms with Gasteiger partial charge >= 0.3 is 5.97 Å². The maximum absolute atomic E-state index is 12.1. The molecule has 0 amide bonds. The van der Waals surface area contributed by atoms with Crippen LogP contribution in [0.3, 0.4) is 0 Å². The Kier molecular flexibility index (Phi) is 4.61. The summed E-state index contributed by atoms with van der Waals surface area (Å²) in [5, 5.41) is 9.05. The third kappa shape index (κ3) is 2.83. The van der Waals surface area contributed by atoms with Crippen LogP contribution in [0.2, 0.25) is 0 Å². The average Bonchev–Trinajstić information content (AvgIpc) is 2.87. The third-order valence-electron chi connectivity index (χ3n) is 8.36. The Hall–Kier alpha value is -1.42. The number of carbonyl (C=O) groups excluding carboxylic acids is 2. The van der Waals surface area contributed by atoms with Crippen molar-refractivity contribution in [1.29, 1.82) is 0 Å². The number of rotatable bonds is 3. The van der Waals surface area contributed by atoms with Gasteiger partial charge in [0.1, 0.15) is 6.10 Å². The quantitative estimate of drug-likeness (QED) is 0.765. The van der Waals surface area contributed by atoms with E-state index in [0.29, 0.717) is 23.7 Å². The smallest absolute Gasteiger partial charge is 0.308 e. The molecule has 0 aromatic heterocycles. The highest BCUT2D eigenvalue weighted by Crippen LogP contribution is 2.65. The van der Waals surface area contributed by atoms with E-state index in [1.165, 1.54) is 5.57 Å². The fraction of sp³-hybridized carbons (Fsp3) is 0.739. The van der Waals surface area contributed by atoms with Crippen LogP contribution in [0.15, 0.2) is 23.8 Å². The van der Waals surface area contributed by atoms with Crippen LogP contribution in [0.5, 0.6) is 0 Å². The second-order valence-corrected chi connectivity index (χ2v) is 9.75. The summed E-state index contributed by atoms with van der Waals surface area (Å²) in [4.78, 5) is 23.9. The number of aliphatic hydroxyl groups excluding tert-OH is 1. The van der Waals surface area contributed by atoms with E-state index in [4.69, 9.17) is 9.84 Å². The summed E-state index contributed by atoms with van der Waals surface area (Å²) in [6, 6.07) is 0. The van der Waals surface area contributed by atoms with Gasteiger partial charge in [0.15, 0.2) is 5.78 Å². The number of ketones is 1. The highest BCUT2D eigenvalue weighted by Gasteiger charge is 2.61. The minimum Gasteiger partial charge on any atom is -0.461 e. The second kappa shape index (κ2) is 6.58. The monoisotopic (exact) mass is 372 g/mol. The predicted octanol–water partition coefficient (Wildman–Crippen LogP) is 3.83. The Bertz CT molecular complexity index is 707. The molecule has 0 heterocycles. The van der Waals surface area contributed by atoms with Gasteiger partial charge in [-0.3, -0.25) is 9.59 Å². The Labute approximate surface area is 162 Å². The van der Waals surface area contributed by atoms with E-state index in [-0.39, 0.29) is 41.7 Å². The molecule has 0 radical (unpaired) electrons. The lowest BCUT2D eigenvalue weighted by Gasteiger charge is -2.56. The molecule has 4 aliphatic rings. The maximum Gasteiger partial charge on any atom is 0.308 e. The molecule has 0 aromatic carbocycles. The first-order chi connectivity index (χ1) is 12.8. The summed E-state index contributed by atoms with van der Waals surface area (Å²) in [6.45, 7) is 6.70. The van der Waals surface area contributed by atoms with Gasteiger partial charge in [-0.05, 0) is 67.9 Å². The van der Waals surface area contributed by atoms with Crippen molar-refractivity contribution >= 4 is 11.8 Å². The molecule has 3 saturated carbocycles. The molecule has 1 N–H and O–H groups in total. The van der Waals surface area contributed by atoms with Crippen LogP contribution in [-0.4, -0.2) is 29.6 Å². The van der Waals surface area contributed by atoms with E-state index >= 15 is 0 Å². The van der Waals surface area contributed by atoms with Gasteiger partial charge in [0, 0.05) is 10.8 Å². The largest absolute Gasteiger partial charge is 0.461 e. The van der Waals surface area contributed by atoms with E-state index in [9.17, 15) is 9.59 Å². The van der Waals surface area contributed by atoms with E-state index in [1.54, 1.807) is 6.08 Å². The number of ether oxygens (including phenoxy) is 1. The van der Waals surface area contributed by atoms with E-state index < -0.39 is 0 Å². The molecule has 0 unspecified atom stereocenters. The van der Waals surface area contributed by atoms with Crippen molar-refractivity contribution in [1.82, 2.24) is 0 Å². The zero-order valence-corrected chi connectivity index (χ0v) is 16.7. The Morgan fingerprint density at radius 3 is 2.81 bits per heavy atom. The Morgan fingerprint density at radius 1 is 1.30 bits per heavy atom. The van der Waals surface area contributed by atoms with Crippen LogP contribution in [0.25, 0.3) is 0 Å². The first kappa shape index (κ1) is 18.9. The van der Waals surface area contributed by atoms with Gasteiger partial charge in [-0.1, -0.05) is 32.4 Å². The van der Waals surface area contributed by atoms with E-state index in [1.807, 2.05) is 6.08 Å². The summed E-state index contributed by atoms with van der Waals surface area (Å²) in [6.07, 6.45) is 11.3. The number of allylic oxidation sites excluding steroid dienone is 4. The summed E-state index contributed by atoms with van der Waals surface area (Å²) in [5.41, 5.74) is 1.35. The molecule has 4 heteroatoms. The van der Waals surface area contributed by atoms with Gasteiger partial charge in [-0.2, -0.15) is 0 Å². The van der Waals surface area contributed by atoms with Crippen LogP contribution in [-0.2, 0) is 14.3 Å². The number of fused-ring (bicyclic) bond motifs is 5. The molecule has 7 atom stereocenters. The first-order valence-electron chi connectivity index (χ1n) is 10.5. The standard InChI is InChI=1S/C23H32O4/c1-14-12-19-17-5-4-15-13-16(25)6-9-22(15,2)18(17)7-10-23(19,3)21(14)27-20(26)8-11-24/h6,9,13-14,17-19,21,24H,4-5,7-8,10-12H2,1-3H3/t14-,17+,18-,19-,21+,22-,23-/m0/s1. The minimum absolute atomic E-state index is 0.00699. The normalized spacial score (nSPS) is 45.6. The number of aliphatic hydroxyl groups is 1. The molecule has 0 bridgehead atoms. The summed E-state index contributed by atoms with van der Waals surface area (Å²) in [5.74, 6) is 1.96. The predicted molar refractivity (Wildman–Crippen MR) is 103 cm³/mol. The minimum atomic E-state index is -0.270. The van der Waals surface area contributed by atoms with Crippen molar-refractivity contribution in [2.24, 2.45) is 34.5 Å². The highest BCUT2D eigenvalue weighted by molar-refractivity contribution is 6.01. The third-order valence-corrected chi connectivity index (χ3v) is 8.36. The number of carbonyl (C=O) groups is 2. The molecular formula is C23H32O4. The first-order valence-corrected chi connectivity index (χ1v) is 10.5. The van der Waals surface area contributed by atoms with Crippen molar-refractivity contribution < 1.29 is 19.4 Å². The summed E-state index contributed by atoms with van der Waals surface area (Å²) >= 11 is 0. The second-order valence-electron chi connectivity index (χ2n) is 9.75. The van der Waals surface area contributed by atoms with Crippen molar-refractivity contribution in [2.45, 2.75) is 65.4 Å². The fourth-order valence-corrected chi connectivity index (χ4v) is 7.06. The van der Waals surface area contributed by atoms with Crippen LogP contribution in [0, 0.1) is 34.5 Å². The Balaban J connectivity index is 1.60. The zero-order valence-electron chi connectivity index (χ0n) is 16.7. The number of esters is 1. The molecule has 0 saturated heterocycles.